The molecule has 7 nitrogen and oxygen atoms in total. The van der Waals surface area contributed by atoms with Gasteiger partial charge in [-0.2, -0.15) is 0 Å². The number of anilines is 3. The van der Waals surface area contributed by atoms with Crippen molar-refractivity contribution >= 4 is 39.9 Å². The second-order valence-electron chi connectivity index (χ2n) is 10.6. The van der Waals surface area contributed by atoms with Crippen LogP contribution in [-0.2, 0) is 9.59 Å². The Morgan fingerprint density at radius 1 is 0.921 bits per heavy atom. The molecule has 5 rings (SSSR count). The van der Waals surface area contributed by atoms with Gasteiger partial charge in [-0.25, -0.2) is 9.37 Å². The van der Waals surface area contributed by atoms with Crippen molar-refractivity contribution in [1.82, 2.24) is 9.88 Å². The highest BCUT2D eigenvalue weighted by molar-refractivity contribution is 5.96. The molecule has 2 amide bonds. The normalized spacial score (nSPS) is 16.7. The quantitative estimate of drug-likeness (QED) is 0.499. The van der Waals surface area contributed by atoms with E-state index in [1.165, 1.54) is 25.0 Å². The van der Waals surface area contributed by atoms with Gasteiger partial charge in [0.1, 0.15) is 11.6 Å². The lowest BCUT2D eigenvalue weighted by Gasteiger charge is -2.36. The lowest BCUT2D eigenvalue weighted by Crippen LogP contribution is -2.48. The Morgan fingerprint density at radius 3 is 2.34 bits per heavy atom. The summed E-state index contributed by atoms with van der Waals surface area (Å²) < 4.78 is 13.2. The summed E-state index contributed by atoms with van der Waals surface area (Å²) >= 11 is 0. The maximum absolute atomic E-state index is 13.2. The summed E-state index contributed by atoms with van der Waals surface area (Å²) in [6, 6.07) is 14.4. The number of nitrogens with zero attached hydrogens (tertiary/aromatic N) is 4. The first-order valence-corrected chi connectivity index (χ1v) is 13.6. The second kappa shape index (κ2) is 11.4. The van der Waals surface area contributed by atoms with Gasteiger partial charge in [0, 0.05) is 68.9 Å². The smallest absolute Gasteiger partial charge is 0.224 e. The van der Waals surface area contributed by atoms with Gasteiger partial charge >= 0.3 is 0 Å². The number of carbonyl (C=O) groups excluding carboxylic acids is 2. The van der Waals surface area contributed by atoms with Crippen LogP contribution in [0, 0.1) is 18.7 Å². The number of hydrogen-bond donors (Lipinski definition) is 1. The largest absolute Gasteiger partial charge is 0.368 e. The van der Waals surface area contributed by atoms with Gasteiger partial charge in [0.2, 0.25) is 11.8 Å². The molecule has 0 saturated carbocycles. The van der Waals surface area contributed by atoms with Crippen molar-refractivity contribution < 1.29 is 14.0 Å². The third-order valence-corrected chi connectivity index (χ3v) is 7.78. The van der Waals surface area contributed by atoms with E-state index in [0.29, 0.717) is 31.9 Å². The number of amides is 2. The third-order valence-electron chi connectivity index (χ3n) is 7.78. The Kier molecular flexibility index (Phi) is 7.77. The molecule has 2 fully saturated rings. The summed E-state index contributed by atoms with van der Waals surface area (Å²) in [5.74, 6) is 1.35. The van der Waals surface area contributed by atoms with Crippen LogP contribution in [0.3, 0.4) is 0 Å². The van der Waals surface area contributed by atoms with E-state index in [2.05, 4.69) is 35.0 Å². The summed E-state index contributed by atoms with van der Waals surface area (Å²) in [6.45, 7) is 9.02. The van der Waals surface area contributed by atoms with Gasteiger partial charge in [-0.15, -0.1) is 0 Å². The van der Waals surface area contributed by atoms with Crippen molar-refractivity contribution in [1.29, 1.82) is 0 Å². The molecule has 2 aliphatic rings. The number of aryl methyl sites for hydroxylation is 1. The minimum atomic E-state index is -0.256. The van der Waals surface area contributed by atoms with Crippen LogP contribution in [0.2, 0.25) is 0 Å². The Morgan fingerprint density at radius 2 is 1.63 bits per heavy atom. The van der Waals surface area contributed by atoms with Crippen LogP contribution in [0.25, 0.3) is 10.9 Å². The molecule has 3 heterocycles. The molecule has 2 aromatic carbocycles. The number of rotatable bonds is 6. The number of hydrogen-bond acceptors (Lipinski definition) is 5. The van der Waals surface area contributed by atoms with Gasteiger partial charge in [0.15, 0.2) is 0 Å². The molecule has 1 aromatic heterocycles. The second-order valence-corrected chi connectivity index (χ2v) is 10.6. The fourth-order valence-electron chi connectivity index (χ4n) is 5.32. The minimum Gasteiger partial charge on any atom is -0.368 e. The van der Waals surface area contributed by atoms with E-state index in [-0.39, 0.29) is 30.5 Å². The highest BCUT2D eigenvalue weighted by Crippen LogP contribution is 2.28. The molecule has 0 atom stereocenters. The van der Waals surface area contributed by atoms with E-state index in [9.17, 15) is 14.0 Å². The van der Waals surface area contributed by atoms with Gasteiger partial charge in [0.25, 0.3) is 0 Å². The lowest BCUT2D eigenvalue weighted by atomic mass is 9.99. The predicted molar refractivity (Wildman–Crippen MR) is 150 cm³/mol. The maximum atomic E-state index is 13.2. The van der Waals surface area contributed by atoms with Crippen LogP contribution in [0.5, 0.6) is 0 Å². The topological polar surface area (TPSA) is 68.8 Å². The van der Waals surface area contributed by atoms with Crippen LogP contribution in [-0.4, -0.2) is 61.0 Å². The van der Waals surface area contributed by atoms with Crippen LogP contribution in [0.15, 0.2) is 48.5 Å². The molecule has 0 bridgehead atoms. The number of aromatic nitrogens is 1. The van der Waals surface area contributed by atoms with E-state index in [1.54, 1.807) is 17.0 Å². The zero-order chi connectivity index (χ0) is 26.6. The molecule has 38 heavy (non-hydrogen) atoms. The molecule has 2 aliphatic heterocycles. The van der Waals surface area contributed by atoms with Crippen LogP contribution < -0.4 is 15.1 Å². The molecular weight excluding hydrogens is 481 g/mol. The number of nitrogens with one attached hydrogen (secondary N) is 1. The molecule has 1 N–H and O–H groups in total. The lowest BCUT2D eigenvalue weighted by molar-refractivity contribution is -0.133. The van der Waals surface area contributed by atoms with Crippen molar-refractivity contribution in [3.8, 4) is 0 Å². The summed E-state index contributed by atoms with van der Waals surface area (Å²) in [6.07, 6.45) is 2.70. The summed E-state index contributed by atoms with van der Waals surface area (Å²) in [4.78, 5) is 36.5. The highest BCUT2D eigenvalue weighted by atomic mass is 19.1. The first-order valence-electron chi connectivity index (χ1n) is 13.6. The highest BCUT2D eigenvalue weighted by Gasteiger charge is 2.22. The molecule has 0 aliphatic carbocycles. The van der Waals surface area contributed by atoms with Crippen molar-refractivity contribution in [3.05, 3.63) is 59.9 Å². The number of benzene rings is 2. The Balaban J connectivity index is 1.12. The first kappa shape index (κ1) is 25.9. The van der Waals surface area contributed by atoms with Gasteiger partial charge in [-0.3, -0.25) is 9.59 Å². The van der Waals surface area contributed by atoms with E-state index in [1.807, 2.05) is 18.2 Å². The molecule has 200 valence electrons. The van der Waals surface area contributed by atoms with E-state index >= 15 is 0 Å². The molecule has 0 radical (unpaired) electrons. The third kappa shape index (κ3) is 6.06. The number of carbonyl (C=O) groups is 2. The van der Waals surface area contributed by atoms with Gasteiger partial charge in [0.05, 0.1) is 5.52 Å². The molecule has 2 saturated heterocycles. The fourth-order valence-corrected chi connectivity index (χ4v) is 5.32. The van der Waals surface area contributed by atoms with E-state index < -0.39 is 0 Å². The molecule has 3 aromatic rings. The van der Waals surface area contributed by atoms with Crippen LogP contribution in [0.4, 0.5) is 21.6 Å². The fraction of sp³-hybridized carbons (Fsp3) is 0.433. The average Bonchev–Trinajstić information content (AvgIpc) is 2.93. The SMILES string of the molecule is Cc1cc(N2CCC(C)CC2)nc2ccc(NC(=O)CCC(=O)N3CCN(c4ccc(F)cc4)CC3)cc12. The van der Waals surface area contributed by atoms with Crippen molar-refractivity contribution in [3.63, 3.8) is 0 Å². The number of piperidine rings is 1. The van der Waals surface area contributed by atoms with Gasteiger partial charge in [-0.05, 0) is 79.8 Å². The van der Waals surface area contributed by atoms with E-state index in [0.717, 1.165) is 47.0 Å². The first-order chi connectivity index (χ1) is 18.4. The molecule has 8 heteroatoms. The number of fused-ring (bicyclic) bond motifs is 1. The molecular formula is C30H36FN5O2. The standard InChI is InChI=1S/C30H36FN5O2/c1-21-11-13-35(14-12-21)28-19-22(2)26-20-24(5-8-27(26)33-28)32-29(37)9-10-30(38)36-17-15-34(16-18-36)25-6-3-23(31)4-7-25/h3-8,19-21H,9-18H2,1-2H3,(H,32,37). The maximum Gasteiger partial charge on any atom is 0.224 e. The Labute approximate surface area is 223 Å². The van der Waals surface area contributed by atoms with Crippen molar-refractivity contribution in [2.45, 2.75) is 39.5 Å². The monoisotopic (exact) mass is 517 g/mol. The van der Waals surface area contributed by atoms with Gasteiger partial charge in [-0.1, -0.05) is 6.92 Å². The van der Waals surface area contributed by atoms with Crippen LogP contribution >= 0.6 is 0 Å². The minimum absolute atomic E-state index is 0.0166. The summed E-state index contributed by atoms with van der Waals surface area (Å²) in [5.41, 5.74) is 3.73. The number of piperazine rings is 1. The average molecular weight is 518 g/mol. The van der Waals surface area contributed by atoms with Crippen LogP contribution in [0.1, 0.15) is 38.2 Å². The Hall–Kier alpha value is -3.68. The van der Waals surface area contributed by atoms with Crippen molar-refractivity contribution in [2.24, 2.45) is 5.92 Å². The zero-order valence-electron chi connectivity index (χ0n) is 22.3. The zero-order valence-corrected chi connectivity index (χ0v) is 22.3. The van der Waals surface area contributed by atoms with Gasteiger partial charge < -0.3 is 20.0 Å². The molecule has 0 spiro atoms. The summed E-state index contributed by atoms with van der Waals surface area (Å²) in [5, 5.41) is 3.97. The number of halogens is 1. The van der Waals surface area contributed by atoms with E-state index in [4.69, 9.17) is 4.98 Å². The number of pyridine rings is 1. The van der Waals surface area contributed by atoms with Crippen molar-refractivity contribution in [2.75, 3.05) is 54.4 Å². The molecule has 0 unspecified atom stereocenters. The predicted octanol–water partition coefficient (Wildman–Crippen LogP) is 4.99. The Bertz CT molecular complexity index is 1300. The summed E-state index contributed by atoms with van der Waals surface area (Å²) in [7, 11) is 0.